The van der Waals surface area contributed by atoms with Gasteiger partial charge in [-0.25, -0.2) is 9.18 Å². The van der Waals surface area contributed by atoms with Gasteiger partial charge in [0.05, 0.1) is 6.61 Å². The summed E-state index contributed by atoms with van der Waals surface area (Å²) in [5.41, 5.74) is 5.04. The van der Waals surface area contributed by atoms with Crippen molar-refractivity contribution in [2.24, 2.45) is 0 Å². The van der Waals surface area contributed by atoms with E-state index in [-0.39, 0.29) is 25.0 Å². The summed E-state index contributed by atoms with van der Waals surface area (Å²) in [6.45, 7) is 3.62. The van der Waals surface area contributed by atoms with Crippen LogP contribution in [0.3, 0.4) is 0 Å². The van der Waals surface area contributed by atoms with E-state index in [0.29, 0.717) is 11.1 Å². The predicted octanol–water partition coefficient (Wildman–Crippen LogP) is 5.66. The fourth-order valence-corrected chi connectivity index (χ4v) is 2.94. The SMILES string of the molecule is C/C=C(\C)C(=O)OCc1cccc(-c2ccc(-c3ccc(CO)cc3)c(F)c2)c1. The van der Waals surface area contributed by atoms with Crippen molar-refractivity contribution < 1.29 is 19.0 Å². The smallest absolute Gasteiger partial charge is 0.333 e. The second kappa shape index (κ2) is 9.30. The van der Waals surface area contributed by atoms with Gasteiger partial charge in [0.2, 0.25) is 0 Å². The Labute approximate surface area is 170 Å². The number of carbonyl (C=O) groups is 1. The Kier molecular flexibility index (Phi) is 6.57. The molecule has 0 heterocycles. The number of aliphatic hydroxyl groups excluding tert-OH is 1. The number of allylic oxidation sites excluding steroid dienone is 1. The van der Waals surface area contributed by atoms with Crippen molar-refractivity contribution in [2.45, 2.75) is 27.1 Å². The zero-order chi connectivity index (χ0) is 20.8. The Morgan fingerprint density at radius 1 is 0.966 bits per heavy atom. The average Bonchev–Trinajstić information content (AvgIpc) is 2.77. The molecule has 3 aromatic carbocycles. The molecule has 3 rings (SSSR count). The van der Waals surface area contributed by atoms with Crippen LogP contribution >= 0.6 is 0 Å². The molecule has 3 nitrogen and oxygen atoms in total. The lowest BCUT2D eigenvalue weighted by Gasteiger charge is -2.10. The van der Waals surface area contributed by atoms with Gasteiger partial charge in [0.1, 0.15) is 12.4 Å². The van der Waals surface area contributed by atoms with Crippen LogP contribution < -0.4 is 0 Å². The largest absolute Gasteiger partial charge is 0.457 e. The molecule has 0 aliphatic rings. The van der Waals surface area contributed by atoms with Crippen LogP contribution in [-0.4, -0.2) is 11.1 Å². The van der Waals surface area contributed by atoms with Crippen LogP contribution in [0, 0.1) is 5.82 Å². The number of ether oxygens (including phenoxy) is 1. The van der Waals surface area contributed by atoms with Crippen molar-refractivity contribution in [3.63, 3.8) is 0 Å². The van der Waals surface area contributed by atoms with Gasteiger partial charge in [-0.3, -0.25) is 0 Å². The van der Waals surface area contributed by atoms with Gasteiger partial charge in [-0.05, 0) is 53.8 Å². The number of rotatable bonds is 6. The number of hydrogen-bond donors (Lipinski definition) is 1. The maximum atomic E-state index is 14.8. The molecule has 0 aromatic heterocycles. The molecule has 4 heteroatoms. The number of halogens is 1. The Morgan fingerprint density at radius 3 is 2.31 bits per heavy atom. The lowest BCUT2D eigenvalue weighted by Crippen LogP contribution is -2.05. The predicted molar refractivity (Wildman–Crippen MR) is 112 cm³/mol. The maximum Gasteiger partial charge on any atom is 0.333 e. The molecule has 0 bridgehead atoms. The van der Waals surface area contributed by atoms with Crippen molar-refractivity contribution >= 4 is 5.97 Å². The summed E-state index contributed by atoms with van der Waals surface area (Å²) >= 11 is 0. The van der Waals surface area contributed by atoms with Crippen LogP contribution in [0.5, 0.6) is 0 Å². The van der Waals surface area contributed by atoms with E-state index in [1.807, 2.05) is 30.3 Å². The fourth-order valence-electron chi connectivity index (χ4n) is 2.94. The monoisotopic (exact) mass is 390 g/mol. The van der Waals surface area contributed by atoms with Crippen molar-refractivity contribution in [3.05, 3.63) is 95.3 Å². The number of carbonyl (C=O) groups excluding carboxylic acids is 1. The molecule has 0 aliphatic carbocycles. The minimum absolute atomic E-state index is 0.0400. The van der Waals surface area contributed by atoms with Gasteiger partial charge in [-0.2, -0.15) is 0 Å². The van der Waals surface area contributed by atoms with Gasteiger partial charge >= 0.3 is 5.97 Å². The minimum Gasteiger partial charge on any atom is -0.457 e. The molecule has 0 radical (unpaired) electrons. The van der Waals surface area contributed by atoms with Gasteiger partial charge in [0.15, 0.2) is 0 Å². The standard InChI is InChI=1S/C25H23FO3/c1-3-17(2)25(28)29-16-19-5-4-6-21(13-19)22-11-12-23(24(26)14-22)20-9-7-18(15-27)8-10-20/h3-14,27H,15-16H2,1-2H3/b17-3+. The minimum atomic E-state index is -0.347. The summed E-state index contributed by atoms with van der Waals surface area (Å²) < 4.78 is 20.1. The summed E-state index contributed by atoms with van der Waals surface area (Å²) in [4.78, 5) is 11.8. The molecule has 0 spiro atoms. The van der Waals surface area contributed by atoms with Gasteiger partial charge < -0.3 is 9.84 Å². The van der Waals surface area contributed by atoms with Crippen molar-refractivity contribution in [1.29, 1.82) is 0 Å². The van der Waals surface area contributed by atoms with Gasteiger partial charge in [-0.15, -0.1) is 0 Å². The van der Waals surface area contributed by atoms with Crippen LogP contribution in [-0.2, 0) is 22.7 Å². The van der Waals surface area contributed by atoms with Crippen molar-refractivity contribution in [2.75, 3.05) is 0 Å². The quantitative estimate of drug-likeness (QED) is 0.436. The Bertz CT molecular complexity index is 1040. The van der Waals surface area contributed by atoms with E-state index in [1.54, 1.807) is 50.3 Å². The molecule has 29 heavy (non-hydrogen) atoms. The molecule has 0 aliphatic heterocycles. The third-order valence-electron chi connectivity index (χ3n) is 4.80. The molecule has 0 saturated carbocycles. The van der Waals surface area contributed by atoms with Crippen LogP contribution in [0.15, 0.2) is 78.4 Å². The summed E-state index contributed by atoms with van der Waals surface area (Å²) in [6, 6.07) is 19.8. The van der Waals surface area contributed by atoms with E-state index in [1.165, 1.54) is 6.07 Å². The van der Waals surface area contributed by atoms with Crippen molar-refractivity contribution in [1.82, 2.24) is 0 Å². The Balaban J connectivity index is 1.80. The van der Waals surface area contributed by atoms with Gasteiger partial charge in [0, 0.05) is 11.1 Å². The van der Waals surface area contributed by atoms with E-state index in [0.717, 1.165) is 27.8 Å². The van der Waals surface area contributed by atoms with E-state index < -0.39 is 0 Å². The summed E-state index contributed by atoms with van der Waals surface area (Å²) in [5.74, 6) is -0.666. The first-order chi connectivity index (χ1) is 14.0. The van der Waals surface area contributed by atoms with Crippen LogP contribution in [0.1, 0.15) is 25.0 Å². The molecule has 148 valence electrons. The molecular weight excluding hydrogens is 367 g/mol. The highest BCUT2D eigenvalue weighted by Crippen LogP contribution is 2.29. The lowest BCUT2D eigenvalue weighted by molar-refractivity contribution is -0.140. The van der Waals surface area contributed by atoms with Crippen LogP contribution in [0.25, 0.3) is 22.3 Å². The molecule has 0 fully saturated rings. The molecule has 1 N–H and O–H groups in total. The first-order valence-corrected chi connectivity index (χ1v) is 9.41. The highest BCUT2D eigenvalue weighted by Gasteiger charge is 2.09. The lowest BCUT2D eigenvalue weighted by atomic mass is 9.98. The number of hydrogen-bond acceptors (Lipinski definition) is 3. The van der Waals surface area contributed by atoms with Gasteiger partial charge in [0.25, 0.3) is 0 Å². The molecular formula is C25H23FO3. The third kappa shape index (κ3) is 4.98. The number of aliphatic hydroxyl groups is 1. The fraction of sp³-hybridized carbons (Fsp3) is 0.160. The molecule has 3 aromatic rings. The van der Waals surface area contributed by atoms with Crippen molar-refractivity contribution in [3.8, 4) is 22.3 Å². The molecule has 0 amide bonds. The second-order valence-electron chi connectivity index (χ2n) is 6.80. The zero-order valence-electron chi connectivity index (χ0n) is 16.5. The van der Waals surface area contributed by atoms with Crippen LogP contribution in [0.2, 0.25) is 0 Å². The van der Waals surface area contributed by atoms with E-state index in [2.05, 4.69) is 0 Å². The van der Waals surface area contributed by atoms with E-state index >= 15 is 0 Å². The summed E-state index contributed by atoms with van der Waals surface area (Å²) in [7, 11) is 0. The zero-order valence-corrected chi connectivity index (χ0v) is 16.5. The average molecular weight is 390 g/mol. The number of benzene rings is 3. The first-order valence-electron chi connectivity index (χ1n) is 9.41. The third-order valence-corrected chi connectivity index (χ3v) is 4.80. The normalized spacial score (nSPS) is 11.4. The summed E-state index contributed by atoms with van der Waals surface area (Å²) in [6.07, 6.45) is 1.71. The Hall–Kier alpha value is -3.24. The topological polar surface area (TPSA) is 46.5 Å². The van der Waals surface area contributed by atoms with Crippen LogP contribution in [0.4, 0.5) is 4.39 Å². The maximum absolute atomic E-state index is 14.8. The highest BCUT2D eigenvalue weighted by molar-refractivity contribution is 5.87. The molecule has 0 saturated heterocycles. The van der Waals surface area contributed by atoms with E-state index in [9.17, 15) is 9.18 Å². The number of esters is 1. The molecule has 0 unspecified atom stereocenters. The summed E-state index contributed by atoms with van der Waals surface area (Å²) in [5, 5.41) is 9.14. The first kappa shape index (κ1) is 20.5. The highest BCUT2D eigenvalue weighted by atomic mass is 19.1. The Morgan fingerprint density at radius 2 is 1.66 bits per heavy atom. The van der Waals surface area contributed by atoms with Gasteiger partial charge in [-0.1, -0.05) is 60.7 Å². The van der Waals surface area contributed by atoms with E-state index in [4.69, 9.17) is 9.84 Å². The second-order valence-corrected chi connectivity index (χ2v) is 6.80. The molecule has 0 atom stereocenters.